The Kier molecular flexibility index (Phi) is 7.54. The lowest BCUT2D eigenvalue weighted by molar-refractivity contribution is 0.200. The molecule has 0 saturated carbocycles. The zero-order chi connectivity index (χ0) is 22.4. The molecule has 9 nitrogen and oxygen atoms in total. The molecular weight excluding hydrogens is 441 g/mol. The molecule has 0 spiro atoms. The molecule has 0 fully saturated rings. The Morgan fingerprint density at radius 3 is 2.77 bits per heavy atom. The summed E-state index contributed by atoms with van der Waals surface area (Å²) in [7, 11) is 1.57. The van der Waals surface area contributed by atoms with Crippen molar-refractivity contribution in [3.63, 3.8) is 0 Å². The first-order valence-corrected chi connectivity index (χ1v) is 10.4. The predicted molar refractivity (Wildman–Crippen MR) is 120 cm³/mol. The number of nitrogen functional groups attached to an aromatic ring is 1. The van der Waals surface area contributed by atoms with Crippen LogP contribution in [0.1, 0.15) is 12.6 Å². The van der Waals surface area contributed by atoms with Crippen molar-refractivity contribution in [2.75, 3.05) is 25.9 Å². The minimum Gasteiger partial charge on any atom is -0.491 e. The molecule has 0 aliphatic carbocycles. The number of nitrogens with two attached hydrogens (primary N) is 1. The number of carbonyl (C=O) groups excluding carboxylic acids is 1. The van der Waals surface area contributed by atoms with Gasteiger partial charge >= 0.3 is 6.03 Å². The van der Waals surface area contributed by atoms with Crippen molar-refractivity contribution in [3.8, 4) is 17.0 Å². The van der Waals surface area contributed by atoms with Crippen LogP contribution in [0.5, 0.6) is 5.75 Å². The number of aromatic nitrogens is 4. The highest BCUT2D eigenvalue weighted by Crippen LogP contribution is 2.38. The molecule has 0 unspecified atom stereocenters. The van der Waals surface area contributed by atoms with Crippen molar-refractivity contribution in [2.45, 2.75) is 20.0 Å². The van der Waals surface area contributed by atoms with Gasteiger partial charge in [-0.2, -0.15) is 5.10 Å². The molecule has 0 radical (unpaired) electrons. The Hall–Kier alpha value is -3.04. The summed E-state index contributed by atoms with van der Waals surface area (Å²) in [5.41, 5.74) is 7.55. The number of rotatable bonds is 8. The van der Waals surface area contributed by atoms with Crippen molar-refractivity contribution >= 4 is 35.2 Å². The Balaban J connectivity index is 1.91. The second-order valence-corrected chi connectivity index (χ2v) is 7.39. The first-order chi connectivity index (χ1) is 14.9. The molecule has 0 bridgehead atoms. The fourth-order valence-corrected chi connectivity index (χ4v) is 3.57. The third-order valence-corrected chi connectivity index (χ3v) is 4.96. The largest absolute Gasteiger partial charge is 0.491 e. The van der Waals surface area contributed by atoms with Crippen LogP contribution in [0.3, 0.4) is 0 Å². The lowest BCUT2D eigenvalue weighted by Crippen LogP contribution is -2.37. The van der Waals surface area contributed by atoms with Gasteiger partial charge in [0.15, 0.2) is 0 Å². The summed E-state index contributed by atoms with van der Waals surface area (Å²) >= 11 is 12.7. The number of nitrogens with zero attached hydrogens (tertiary/aromatic N) is 5. The third-order valence-electron chi connectivity index (χ3n) is 4.44. The third kappa shape index (κ3) is 5.77. The van der Waals surface area contributed by atoms with Crippen LogP contribution < -0.4 is 15.8 Å². The molecule has 2 heterocycles. The summed E-state index contributed by atoms with van der Waals surface area (Å²) in [5, 5.41) is 7.56. The first-order valence-electron chi connectivity index (χ1n) is 9.61. The van der Waals surface area contributed by atoms with Crippen LogP contribution in [-0.2, 0) is 13.1 Å². The lowest BCUT2D eigenvalue weighted by atomic mass is 10.1. The van der Waals surface area contributed by atoms with Crippen molar-refractivity contribution in [1.82, 2.24) is 30.0 Å². The first kappa shape index (κ1) is 22.6. The predicted octanol–water partition coefficient (Wildman–Crippen LogP) is 3.47. The van der Waals surface area contributed by atoms with Crippen LogP contribution in [-0.4, -0.2) is 50.9 Å². The van der Waals surface area contributed by atoms with Gasteiger partial charge in [-0.15, -0.1) is 0 Å². The molecule has 11 heteroatoms. The summed E-state index contributed by atoms with van der Waals surface area (Å²) in [6.07, 6.45) is 3.55. The van der Waals surface area contributed by atoms with Crippen LogP contribution >= 0.6 is 23.2 Å². The van der Waals surface area contributed by atoms with E-state index in [0.29, 0.717) is 52.4 Å². The molecular formula is C20H23Cl2N7O2. The molecule has 2 aromatic heterocycles. The SMILES string of the molecule is CCN(Cc1cc(-c2c(Cl)cc(Cl)cc2OCCn2cccn2)nc(N)n1)C(=O)NC. The van der Waals surface area contributed by atoms with Crippen molar-refractivity contribution in [3.05, 3.63) is 52.4 Å². The highest BCUT2D eigenvalue weighted by molar-refractivity contribution is 6.36. The molecule has 3 aromatic rings. The van der Waals surface area contributed by atoms with E-state index in [4.69, 9.17) is 33.7 Å². The zero-order valence-electron chi connectivity index (χ0n) is 17.2. The molecule has 3 N–H and O–H groups in total. The maximum Gasteiger partial charge on any atom is 0.317 e. The number of benzene rings is 1. The van der Waals surface area contributed by atoms with Gasteiger partial charge in [0, 0.05) is 31.0 Å². The molecule has 2 amide bonds. The molecule has 0 aliphatic heterocycles. The number of hydrogen-bond donors (Lipinski definition) is 2. The number of halogens is 2. The lowest BCUT2D eigenvalue weighted by Gasteiger charge is -2.20. The minimum atomic E-state index is -0.214. The summed E-state index contributed by atoms with van der Waals surface area (Å²) in [5.74, 6) is 0.529. The van der Waals surface area contributed by atoms with Gasteiger partial charge < -0.3 is 20.7 Å². The van der Waals surface area contributed by atoms with Gasteiger partial charge in [0.25, 0.3) is 0 Å². The Bertz CT molecular complexity index is 1040. The number of amides is 2. The molecule has 31 heavy (non-hydrogen) atoms. The topological polar surface area (TPSA) is 111 Å². The highest BCUT2D eigenvalue weighted by atomic mass is 35.5. The van der Waals surface area contributed by atoms with Crippen LogP contribution in [0, 0.1) is 0 Å². The van der Waals surface area contributed by atoms with E-state index in [9.17, 15) is 4.79 Å². The standard InChI is InChI=1S/C20H23Cl2N7O2/c1-3-28(20(30)24-2)12-14-11-16(27-19(23)26-14)18-15(22)9-13(21)10-17(18)31-8-7-29-6-4-5-25-29/h4-6,9-11H,3,7-8,12H2,1-2H3,(H,24,30)(H2,23,26,27). The van der Waals surface area contributed by atoms with Gasteiger partial charge in [-0.1, -0.05) is 23.2 Å². The second kappa shape index (κ2) is 10.3. The summed E-state index contributed by atoms with van der Waals surface area (Å²) in [4.78, 5) is 22.2. The Labute approximate surface area is 190 Å². The molecule has 0 aliphatic rings. The van der Waals surface area contributed by atoms with E-state index in [0.717, 1.165) is 0 Å². The molecule has 164 valence electrons. The van der Waals surface area contributed by atoms with Crippen molar-refractivity contribution in [1.29, 1.82) is 0 Å². The summed E-state index contributed by atoms with van der Waals surface area (Å²) < 4.78 is 7.71. The molecule has 1 aromatic carbocycles. The fourth-order valence-electron chi connectivity index (χ4n) is 3.00. The van der Waals surface area contributed by atoms with Gasteiger partial charge in [-0.25, -0.2) is 14.8 Å². The number of carbonyl (C=O) groups is 1. The van der Waals surface area contributed by atoms with Gasteiger partial charge in [0.05, 0.1) is 35.1 Å². The number of hydrogen-bond acceptors (Lipinski definition) is 6. The number of ether oxygens (including phenoxy) is 1. The van der Waals surface area contributed by atoms with E-state index in [1.54, 1.807) is 41.0 Å². The number of anilines is 1. The van der Waals surface area contributed by atoms with Crippen molar-refractivity contribution in [2.24, 2.45) is 0 Å². The van der Waals surface area contributed by atoms with Gasteiger partial charge in [-0.05, 0) is 31.2 Å². The Morgan fingerprint density at radius 2 is 2.10 bits per heavy atom. The average molecular weight is 464 g/mol. The average Bonchev–Trinajstić information content (AvgIpc) is 3.24. The van der Waals surface area contributed by atoms with Gasteiger partial charge in [0.2, 0.25) is 5.95 Å². The smallest absolute Gasteiger partial charge is 0.317 e. The second-order valence-electron chi connectivity index (χ2n) is 6.55. The zero-order valence-corrected chi connectivity index (χ0v) is 18.7. The fraction of sp³-hybridized carbons (Fsp3) is 0.300. The maximum absolute atomic E-state index is 12.0. The molecule has 0 atom stereocenters. The highest BCUT2D eigenvalue weighted by Gasteiger charge is 2.18. The summed E-state index contributed by atoms with van der Waals surface area (Å²) in [6.45, 7) is 3.53. The van der Waals surface area contributed by atoms with E-state index >= 15 is 0 Å². The van der Waals surface area contributed by atoms with E-state index < -0.39 is 0 Å². The Morgan fingerprint density at radius 1 is 1.29 bits per heavy atom. The minimum absolute atomic E-state index is 0.0639. The van der Waals surface area contributed by atoms with E-state index in [-0.39, 0.29) is 18.5 Å². The van der Waals surface area contributed by atoms with Crippen molar-refractivity contribution < 1.29 is 9.53 Å². The van der Waals surface area contributed by atoms with E-state index in [1.165, 1.54) is 0 Å². The van der Waals surface area contributed by atoms with Crippen LogP contribution in [0.2, 0.25) is 10.0 Å². The molecule has 3 rings (SSSR count). The number of nitrogens with one attached hydrogen (secondary N) is 1. The monoisotopic (exact) mass is 463 g/mol. The molecule has 0 saturated heterocycles. The van der Waals surface area contributed by atoms with Crippen LogP contribution in [0.15, 0.2) is 36.7 Å². The van der Waals surface area contributed by atoms with E-state index in [1.807, 2.05) is 19.2 Å². The summed E-state index contributed by atoms with van der Waals surface area (Å²) in [6, 6.07) is 6.64. The van der Waals surface area contributed by atoms with Gasteiger partial charge in [-0.3, -0.25) is 4.68 Å². The van der Waals surface area contributed by atoms with Crippen LogP contribution in [0.25, 0.3) is 11.3 Å². The van der Waals surface area contributed by atoms with Crippen LogP contribution in [0.4, 0.5) is 10.7 Å². The quantitative estimate of drug-likeness (QED) is 0.528. The maximum atomic E-state index is 12.0. The normalized spacial score (nSPS) is 10.7. The van der Waals surface area contributed by atoms with E-state index in [2.05, 4.69) is 20.4 Å². The number of urea groups is 1. The van der Waals surface area contributed by atoms with Gasteiger partial charge in [0.1, 0.15) is 12.4 Å².